The van der Waals surface area contributed by atoms with Crippen molar-refractivity contribution in [1.29, 1.82) is 0 Å². The lowest BCUT2D eigenvalue weighted by Crippen LogP contribution is -2.23. The number of hydrogen-bond donors (Lipinski definition) is 1. The number of nitrogens with one attached hydrogen (secondary N) is 1. The Morgan fingerprint density at radius 2 is 1.85 bits per heavy atom. The van der Waals surface area contributed by atoms with Crippen LogP contribution in [0.25, 0.3) is 11.5 Å². The first-order valence-corrected chi connectivity index (χ1v) is 8.24. The Bertz CT molecular complexity index is 852. The third kappa shape index (κ3) is 4.89. The van der Waals surface area contributed by atoms with Gasteiger partial charge >= 0.3 is 0 Å². The van der Waals surface area contributed by atoms with E-state index in [9.17, 15) is 9.18 Å². The van der Waals surface area contributed by atoms with E-state index in [0.29, 0.717) is 19.4 Å². The van der Waals surface area contributed by atoms with Crippen molar-refractivity contribution >= 4 is 5.91 Å². The van der Waals surface area contributed by atoms with Crippen LogP contribution >= 0.6 is 0 Å². The maximum atomic E-state index is 13.7. The van der Waals surface area contributed by atoms with E-state index in [2.05, 4.69) is 15.5 Å². The van der Waals surface area contributed by atoms with Gasteiger partial charge in [-0.15, -0.1) is 10.2 Å². The number of halogens is 1. The normalized spacial score (nSPS) is 10.5. The van der Waals surface area contributed by atoms with Crippen LogP contribution in [0.1, 0.15) is 18.7 Å². The van der Waals surface area contributed by atoms with Crippen molar-refractivity contribution in [2.45, 2.75) is 19.4 Å². The molecule has 0 atom stereocenters. The van der Waals surface area contributed by atoms with Gasteiger partial charge in [0.25, 0.3) is 5.89 Å². The van der Waals surface area contributed by atoms with Gasteiger partial charge in [-0.05, 0) is 30.7 Å². The van der Waals surface area contributed by atoms with Crippen LogP contribution in [0.2, 0.25) is 0 Å². The van der Waals surface area contributed by atoms with Crippen molar-refractivity contribution < 1.29 is 18.3 Å². The Morgan fingerprint density at radius 1 is 1.08 bits per heavy atom. The molecular weight excluding hydrogens is 337 g/mol. The van der Waals surface area contributed by atoms with Crippen LogP contribution in [0.3, 0.4) is 0 Å². The fourth-order valence-corrected chi connectivity index (χ4v) is 2.27. The van der Waals surface area contributed by atoms with Crippen LogP contribution in [0.4, 0.5) is 4.39 Å². The molecule has 0 unspecified atom stereocenters. The van der Waals surface area contributed by atoms with E-state index in [1.54, 1.807) is 18.2 Å². The highest BCUT2D eigenvalue weighted by molar-refractivity contribution is 5.75. The number of hydrogen-bond acceptors (Lipinski definition) is 5. The number of carbonyl (C=O) groups is 1. The molecule has 0 radical (unpaired) electrons. The molecule has 26 heavy (non-hydrogen) atoms. The molecule has 134 valence electrons. The van der Waals surface area contributed by atoms with Gasteiger partial charge in [0, 0.05) is 6.42 Å². The van der Waals surface area contributed by atoms with Crippen LogP contribution < -0.4 is 10.1 Å². The molecular formula is C19H18FN3O3. The van der Waals surface area contributed by atoms with Gasteiger partial charge in [-0.2, -0.15) is 0 Å². The van der Waals surface area contributed by atoms with Gasteiger partial charge in [0.2, 0.25) is 11.8 Å². The number of para-hydroxylation sites is 1. The highest BCUT2D eigenvalue weighted by Gasteiger charge is 2.13. The Labute approximate surface area is 150 Å². The second-order valence-electron chi connectivity index (χ2n) is 5.52. The number of ether oxygens (including phenoxy) is 1. The molecule has 0 spiro atoms. The second kappa shape index (κ2) is 8.75. The Balaban J connectivity index is 1.40. The van der Waals surface area contributed by atoms with Gasteiger partial charge in [0.05, 0.1) is 18.7 Å². The van der Waals surface area contributed by atoms with E-state index in [-0.39, 0.29) is 29.8 Å². The predicted octanol–water partition coefficient (Wildman–Crippen LogP) is 3.35. The van der Waals surface area contributed by atoms with Crippen LogP contribution in [0, 0.1) is 5.82 Å². The molecule has 0 fully saturated rings. The second-order valence-corrected chi connectivity index (χ2v) is 5.52. The van der Waals surface area contributed by atoms with Gasteiger partial charge in [0.1, 0.15) is 11.6 Å². The van der Waals surface area contributed by atoms with E-state index in [1.807, 2.05) is 30.3 Å². The van der Waals surface area contributed by atoms with Crippen molar-refractivity contribution in [3.63, 3.8) is 0 Å². The lowest BCUT2D eigenvalue weighted by Gasteiger charge is -2.05. The molecule has 1 amide bonds. The summed E-state index contributed by atoms with van der Waals surface area (Å²) in [5.41, 5.74) is 0.232. The summed E-state index contributed by atoms with van der Waals surface area (Å²) in [5.74, 6) is 0.498. The van der Waals surface area contributed by atoms with E-state index in [1.165, 1.54) is 6.07 Å². The summed E-state index contributed by atoms with van der Waals surface area (Å²) in [7, 11) is 0. The fourth-order valence-electron chi connectivity index (χ4n) is 2.27. The first-order chi connectivity index (χ1) is 12.7. The minimum Gasteiger partial charge on any atom is -0.494 e. The summed E-state index contributed by atoms with van der Waals surface area (Å²) in [6, 6.07) is 15.6. The number of carbonyl (C=O) groups excluding carboxylic acids is 1. The molecule has 0 aliphatic heterocycles. The molecule has 1 N–H and O–H groups in total. The molecule has 0 saturated heterocycles. The van der Waals surface area contributed by atoms with Crippen molar-refractivity contribution in [2.75, 3.05) is 6.61 Å². The zero-order valence-corrected chi connectivity index (χ0v) is 14.0. The first-order valence-electron chi connectivity index (χ1n) is 8.24. The summed E-state index contributed by atoms with van der Waals surface area (Å²) in [6.07, 6.45) is 0.909. The third-order valence-corrected chi connectivity index (χ3v) is 3.57. The minimum atomic E-state index is -0.440. The molecule has 0 saturated carbocycles. The summed E-state index contributed by atoms with van der Waals surface area (Å²) < 4.78 is 24.6. The standard InChI is InChI=1S/C19H18FN3O3/c20-16-10-5-4-9-15(16)19-23-22-18(26-19)13-21-17(24)11-6-12-25-14-7-2-1-3-8-14/h1-5,7-10H,6,11-13H2,(H,21,24). The molecule has 1 heterocycles. The monoisotopic (exact) mass is 355 g/mol. The summed E-state index contributed by atoms with van der Waals surface area (Å²) in [5, 5.41) is 10.3. The quantitative estimate of drug-likeness (QED) is 0.627. The fraction of sp³-hybridized carbons (Fsp3) is 0.211. The van der Waals surface area contributed by atoms with Gasteiger partial charge in [0.15, 0.2) is 0 Å². The van der Waals surface area contributed by atoms with Crippen LogP contribution in [-0.2, 0) is 11.3 Å². The maximum absolute atomic E-state index is 13.7. The SMILES string of the molecule is O=C(CCCOc1ccccc1)NCc1nnc(-c2ccccc2F)o1. The van der Waals surface area contributed by atoms with Crippen molar-refractivity contribution in [3.05, 3.63) is 66.3 Å². The van der Waals surface area contributed by atoms with E-state index in [0.717, 1.165) is 5.75 Å². The van der Waals surface area contributed by atoms with Gasteiger partial charge < -0.3 is 14.5 Å². The average molecular weight is 355 g/mol. The minimum absolute atomic E-state index is 0.0867. The zero-order chi connectivity index (χ0) is 18.2. The summed E-state index contributed by atoms with van der Waals surface area (Å²) in [4.78, 5) is 11.8. The van der Waals surface area contributed by atoms with Crippen molar-refractivity contribution in [1.82, 2.24) is 15.5 Å². The number of aromatic nitrogens is 2. The summed E-state index contributed by atoms with van der Waals surface area (Å²) in [6.45, 7) is 0.551. The molecule has 6 nitrogen and oxygen atoms in total. The van der Waals surface area contributed by atoms with E-state index >= 15 is 0 Å². The van der Waals surface area contributed by atoms with Crippen LogP contribution in [-0.4, -0.2) is 22.7 Å². The molecule has 3 rings (SSSR count). The molecule has 0 aliphatic rings. The number of rotatable bonds is 8. The van der Waals surface area contributed by atoms with E-state index in [4.69, 9.17) is 9.15 Å². The Hall–Kier alpha value is -3.22. The maximum Gasteiger partial charge on any atom is 0.250 e. The average Bonchev–Trinajstić information content (AvgIpc) is 3.13. The van der Waals surface area contributed by atoms with Crippen molar-refractivity contribution in [2.24, 2.45) is 0 Å². The highest BCUT2D eigenvalue weighted by Crippen LogP contribution is 2.20. The van der Waals surface area contributed by atoms with Gasteiger partial charge in [-0.25, -0.2) is 4.39 Å². The summed E-state index contributed by atoms with van der Waals surface area (Å²) >= 11 is 0. The van der Waals surface area contributed by atoms with Crippen molar-refractivity contribution in [3.8, 4) is 17.2 Å². The molecule has 3 aromatic rings. The van der Waals surface area contributed by atoms with Crippen LogP contribution in [0.15, 0.2) is 59.0 Å². The molecule has 2 aromatic carbocycles. The lowest BCUT2D eigenvalue weighted by atomic mass is 10.2. The predicted molar refractivity (Wildman–Crippen MR) is 92.7 cm³/mol. The van der Waals surface area contributed by atoms with Crippen LogP contribution in [0.5, 0.6) is 5.75 Å². The first kappa shape index (κ1) is 17.6. The van der Waals surface area contributed by atoms with Gasteiger partial charge in [-0.3, -0.25) is 4.79 Å². The number of amides is 1. The van der Waals surface area contributed by atoms with Gasteiger partial charge in [-0.1, -0.05) is 30.3 Å². The molecule has 1 aromatic heterocycles. The largest absolute Gasteiger partial charge is 0.494 e. The number of benzene rings is 2. The molecule has 0 aliphatic carbocycles. The topological polar surface area (TPSA) is 77.2 Å². The van der Waals surface area contributed by atoms with E-state index < -0.39 is 5.82 Å². The Kier molecular flexibility index (Phi) is 5.92. The third-order valence-electron chi connectivity index (χ3n) is 3.57. The number of nitrogens with zero attached hydrogens (tertiary/aromatic N) is 2. The molecule has 7 heteroatoms. The zero-order valence-electron chi connectivity index (χ0n) is 14.0. The highest BCUT2D eigenvalue weighted by atomic mass is 19.1. The molecule has 0 bridgehead atoms. The smallest absolute Gasteiger partial charge is 0.250 e. The lowest BCUT2D eigenvalue weighted by molar-refractivity contribution is -0.121. The Morgan fingerprint density at radius 3 is 2.65 bits per heavy atom.